The summed E-state index contributed by atoms with van der Waals surface area (Å²) in [6.45, 7) is 16.9. The van der Waals surface area contributed by atoms with Gasteiger partial charge < -0.3 is 14.4 Å². The molecule has 2 aliphatic heterocycles. The Hall–Kier alpha value is -0.586. The molecule has 0 amide bonds. The zero-order chi connectivity index (χ0) is 25.2. The van der Waals surface area contributed by atoms with Gasteiger partial charge in [0.1, 0.15) is 13.5 Å². The van der Waals surface area contributed by atoms with Gasteiger partial charge in [0, 0.05) is 69.0 Å². The molecule has 6 nitrogen and oxygen atoms in total. The summed E-state index contributed by atoms with van der Waals surface area (Å²) in [5.74, 6) is 4.22. The van der Waals surface area contributed by atoms with Gasteiger partial charge in [0.05, 0.1) is 5.71 Å². The maximum absolute atomic E-state index is 6.23. The van der Waals surface area contributed by atoms with Crippen molar-refractivity contribution in [2.75, 3.05) is 26.7 Å². The van der Waals surface area contributed by atoms with Gasteiger partial charge >= 0.3 is 9.40 Å². The van der Waals surface area contributed by atoms with Gasteiger partial charge in [0.2, 0.25) is 0 Å². The lowest BCUT2D eigenvalue weighted by molar-refractivity contribution is -0.0328. The highest BCUT2D eigenvalue weighted by atomic mass is 127. The third-order valence-corrected chi connectivity index (χ3v) is 11.6. The molecule has 0 aromatic carbocycles. The van der Waals surface area contributed by atoms with Crippen LogP contribution in [0.5, 0.6) is 0 Å². The molecular weight excluding hydrogens is 583 g/mol. The number of allylic oxidation sites excluding steroid dienone is 2. The smallest absolute Gasteiger partial charge is 0.321 e. The van der Waals surface area contributed by atoms with Crippen molar-refractivity contribution in [3.8, 4) is 0 Å². The fraction of sp³-hybridized carbons (Fsp3) is 0.769. The topological polar surface area (TPSA) is 49.7 Å². The predicted molar refractivity (Wildman–Crippen MR) is 159 cm³/mol. The van der Waals surface area contributed by atoms with E-state index in [0.29, 0.717) is 19.4 Å². The Kier molecular flexibility index (Phi) is 8.97. The monoisotopic (exact) mass is 627 g/mol. The number of aliphatic imine (C=N–C) groups is 1. The molecule has 0 spiro atoms. The minimum Gasteiger partial charge on any atom is -0.361 e. The SMILES string of the molecule is C[Si](C)(C)CCOCN(COCC[Si](C)(C)C)C1=CC(C2CC3CCC(C3)C2)=NC2=C(I)[C+]=NN12. The van der Waals surface area contributed by atoms with Crippen LogP contribution in [0.2, 0.25) is 51.4 Å². The van der Waals surface area contributed by atoms with Crippen molar-refractivity contribution in [1.29, 1.82) is 0 Å². The van der Waals surface area contributed by atoms with Crippen molar-refractivity contribution >= 4 is 50.7 Å². The first kappa shape index (κ1) is 27.4. The number of fused-ring (bicyclic) bond motifs is 3. The largest absolute Gasteiger partial charge is 0.361 e. The molecule has 194 valence electrons. The third kappa shape index (κ3) is 7.71. The van der Waals surface area contributed by atoms with E-state index in [4.69, 9.17) is 14.5 Å². The van der Waals surface area contributed by atoms with Crippen molar-refractivity contribution in [3.05, 3.63) is 21.3 Å². The number of rotatable bonds is 12. The average molecular weight is 628 g/mol. The van der Waals surface area contributed by atoms with E-state index in [0.717, 1.165) is 52.4 Å². The summed E-state index contributed by atoms with van der Waals surface area (Å²) < 4.78 is 13.4. The van der Waals surface area contributed by atoms with Gasteiger partial charge in [-0.05, 0) is 43.2 Å². The number of nitrogens with zero attached hydrogens (tertiary/aromatic N) is 4. The van der Waals surface area contributed by atoms with Crippen molar-refractivity contribution in [1.82, 2.24) is 9.91 Å². The summed E-state index contributed by atoms with van der Waals surface area (Å²) >= 11 is 2.32. The number of halogens is 1. The van der Waals surface area contributed by atoms with Crippen LogP contribution < -0.4 is 0 Å². The zero-order valence-electron chi connectivity index (χ0n) is 22.6. The van der Waals surface area contributed by atoms with Gasteiger partial charge in [-0.3, -0.25) is 0 Å². The van der Waals surface area contributed by atoms with Crippen molar-refractivity contribution < 1.29 is 9.47 Å². The highest BCUT2D eigenvalue weighted by Gasteiger charge is 2.42. The second kappa shape index (κ2) is 11.4. The first-order chi connectivity index (χ1) is 16.5. The standard InChI is InChI=1S/C26H44IN4O2Si2/c1-34(2,3)11-9-32-18-30(19-33-10-12-35(4,5)6)25-16-24(29-26-23(27)17-28-31(25)26)22-14-20-7-8-21(13-20)15-22/h16,20-22H,7-15,18-19H2,1-6H3/q+1. The van der Waals surface area contributed by atoms with E-state index >= 15 is 0 Å². The van der Waals surface area contributed by atoms with Crippen LogP contribution in [0.4, 0.5) is 0 Å². The Morgan fingerprint density at radius 2 is 1.54 bits per heavy atom. The van der Waals surface area contributed by atoms with Crippen LogP contribution in [-0.4, -0.2) is 64.7 Å². The van der Waals surface area contributed by atoms with E-state index in [-0.39, 0.29) is 0 Å². The molecule has 9 heteroatoms. The second-order valence-corrected chi connectivity index (χ2v) is 25.5. The lowest BCUT2D eigenvalue weighted by Crippen LogP contribution is -2.39. The third-order valence-electron chi connectivity index (χ3n) is 7.49. The summed E-state index contributed by atoms with van der Waals surface area (Å²) in [5.41, 5.74) is 1.21. The van der Waals surface area contributed by atoms with Crippen molar-refractivity contribution in [2.24, 2.45) is 27.8 Å². The van der Waals surface area contributed by atoms with Crippen LogP contribution in [-0.2, 0) is 9.47 Å². The van der Waals surface area contributed by atoms with Crippen molar-refractivity contribution in [3.63, 3.8) is 0 Å². The normalized spacial score (nSPS) is 26.0. The molecule has 4 aliphatic rings. The lowest BCUT2D eigenvalue weighted by atomic mass is 9.78. The summed E-state index contributed by atoms with van der Waals surface area (Å²) in [4.78, 5) is 7.33. The van der Waals surface area contributed by atoms with E-state index in [9.17, 15) is 0 Å². The Morgan fingerprint density at radius 1 is 0.971 bits per heavy atom. The quantitative estimate of drug-likeness (QED) is 0.0784. The first-order valence-electron chi connectivity index (χ1n) is 13.4. The Bertz CT molecular complexity index is 857. The minimum absolute atomic E-state index is 0.502. The van der Waals surface area contributed by atoms with Crippen LogP contribution in [0.25, 0.3) is 0 Å². The molecule has 0 radical (unpaired) electrons. The zero-order valence-corrected chi connectivity index (χ0v) is 26.7. The Labute approximate surface area is 228 Å². The molecule has 2 heterocycles. The molecule has 2 atom stereocenters. The Morgan fingerprint density at radius 3 is 2.09 bits per heavy atom. The molecule has 35 heavy (non-hydrogen) atoms. The van der Waals surface area contributed by atoms with E-state index in [2.05, 4.69) is 84.2 Å². The number of hydrogen-bond acceptors (Lipinski definition) is 6. The summed E-state index contributed by atoms with van der Waals surface area (Å²) in [6.07, 6.45) is 12.2. The Balaban J connectivity index is 1.52. The maximum Gasteiger partial charge on any atom is 0.321 e. The van der Waals surface area contributed by atoms with Crippen LogP contribution >= 0.6 is 22.6 Å². The lowest BCUT2D eigenvalue weighted by Gasteiger charge is -2.33. The van der Waals surface area contributed by atoms with Gasteiger partial charge in [-0.15, -0.1) is 4.99 Å². The molecule has 4 rings (SSSR count). The summed E-state index contributed by atoms with van der Waals surface area (Å²) in [5, 5.41) is 6.52. The number of hydrogen-bond donors (Lipinski definition) is 0. The van der Waals surface area contributed by atoms with Crippen LogP contribution in [0.3, 0.4) is 0 Å². The van der Waals surface area contributed by atoms with Crippen LogP contribution in [0.15, 0.2) is 31.4 Å². The predicted octanol–water partition coefficient (Wildman–Crippen LogP) is 6.82. The second-order valence-electron chi connectivity index (χ2n) is 13.1. The molecule has 0 saturated heterocycles. The highest BCUT2D eigenvalue weighted by Crippen LogP contribution is 2.46. The van der Waals surface area contributed by atoms with Gasteiger partial charge in [0.15, 0.2) is 5.82 Å². The molecule has 0 aromatic rings. The maximum atomic E-state index is 6.23. The van der Waals surface area contributed by atoms with Crippen molar-refractivity contribution in [2.45, 2.75) is 83.5 Å². The molecule has 0 N–H and O–H groups in total. The van der Waals surface area contributed by atoms with Gasteiger partial charge in [-0.1, -0.05) is 57.1 Å². The van der Waals surface area contributed by atoms with E-state index < -0.39 is 16.1 Å². The molecular formula is C26H44IN4O2Si2+. The first-order valence-corrected chi connectivity index (χ1v) is 21.8. The van der Waals surface area contributed by atoms with Crippen LogP contribution in [0.1, 0.15) is 32.1 Å². The number of ether oxygens (including phenoxy) is 2. The average Bonchev–Trinajstić information content (AvgIpc) is 3.31. The molecule has 2 bridgehead atoms. The molecule has 2 fully saturated rings. The minimum atomic E-state index is -1.14. The highest BCUT2D eigenvalue weighted by molar-refractivity contribution is 14.1. The van der Waals surface area contributed by atoms with Gasteiger partial charge in [-0.2, -0.15) is 0 Å². The van der Waals surface area contributed by atoms with Crippen LogP contribution in [0, 0.1) is 17.8 Å². The van der Waals surface area contributed by atoms with E-state index in [1.807, 2.05) is 5.01 Å². The molecule has 2 unspecified atom stereocenters. The fourth-order valence-electron chi connectivity index (χ4n) is 5.35. The molecule has 2 aliphatic carbocycles. The summed E-state index contributed by atoms with van der Waals surface area (Å²) in [6, 6.07) is 2.32. The van der Waals surface area contributed by atoms with E-state index in [1.165, 1.54) is 37.8 Å². The number of hydrazone groups is 1. The van der Waals surface area contributed by atoms with E-state index in [1.54, 1.807) is 0 Å². The van der Waals surface area contributed by atoms with Gasteiger partial charge in [0.25, 0.3) is 6.21 Å². The van der Waals surface area contributed by atoms with Gasteiger partial charge in [-0.25, -0.2) is 0 Å². The molecule has 2 saturated carbocycles. The fourth-order valence-corrected chi connectivity index (χ4v) is 7.32. The molecule has 0 aromatic heterocycles. The summed E-state index contributed by atoms with van der Waals surface area (Å²) in [7, 11) is -2.29.